The Labute approximate surface area is 154 Å². The van der Waals surface area contributed by atoms with Gasteiger partial charge in [-0.05, 0) is 38.3 Å². The molecule has 1 atom stereocenters. The molecule has 2 fully saturated rings. The van der Waals surface area contributed by atoms with Gasteiger partial charge in [0.15, 0.2) is 9.84 Å². The Morgan fingerprint density at radius 1 is 1.27 bits per heavy atom. The summed E-state index contributed by atoms with van der Waals surface area (Å²) in [6.45, 7) is 2.22. The van der Waals surface area contributed by atoms with E-state index in [0.29, 0.717) is 18.5 Å². The quantitative estimate of drug-likeness (QED) is 0.834. The highest BCUT2D eigenvalue weighted by atomic mass is 32.2. The van der Waals surface area contributed by atoms with Gasteiger partial charge in [0, 0.05) is 30.4 Å². The molecule has 0 spiro atoms. The second-order valence-electron chi connectivity index (χ2n) is 7.03. The number of nitrogens with one attached hydrogen (secondary N) is 1. The summed E-state index contributed by atoms with van der Waals surface area (Å²) in [5.74, 6) is -0.419. The lowest BCUT2D eigenvalue weighted by Gasteiger charge is -2.26. The maximum Gasteiger partial charge on any atom is 0.272 e. The van der Waals surface area contributed by atoms with Crippen LogP contribution in [0, 0.1) is 0 Å². The Bertz CT molecular complexity index is 787. The number of pyridine rings is 1. The van der Waals surface area contributed by atoms with Crippen molar-refractivity contribution in [2.45, 2.75) is 51.1 Å². The third-order valence-electron chi connectivity index (χ3n) is 5.18. The van der Waals surface area contributed by atoms with Gasteiger partial charge in [-0.25, -0.2) is 8.42 Å². The molecule has 8 heteroatoms. The van der Waals surface area contributed by atoms with E-state index in [1.54, 1.807) is 11.0 Å². The van der Waals surface area contributed by atoms with Gasteiger partial charge in [0.2, 0.25) is 0 Å². The summed E-state index contributed by atoms with van der Waals surface area (Å²) in [4.78, 5) is 30.9. The van der Waals surface area contributed by atoms with E-state index in [-0.39, 0.29) is 41.1 Å². The first-order chi connectivity index (χ1) is 12.4. The molecule has 1 saturated heterocycles. The first kappa shape index (κ1) is 18.8. The largest absolute Gasteiger partial charge is 0.349 e. The van der Waals surface area contributed by atoms with Crippen LogP contribution in [0.15, 0.2) is 18.3 Å². The van der Waals surface area contributed by atoms with Crippen molar-refractivity contribution in [1.29, 1.82) is 0 Å². The van der Waals surface area contributed by atoms with E-state index in [9.17, 15) is 18.0 Å². The van der Waals surface area contributed by atoms with Crippen LogP contribution in [0.1, 0.15) is 59.9 Å². The maximum absolute atomic E-state index is 12.8. The molecule has 0 aromatic carbocycles. The van der Waals surface area contributed by atoms with Crippen LogP contribution < -0.4 is 5.32 Å². The molecule has 26 heavy (non-hydrogen) atoms. The molecule has 1 N–H and O–H groups in total. The first-order valence-electron chi connectivity index (χ1n) is 9.18. The summed E-state index contributed by atoms with van der Waals surface area (Å²) < 4.78 is 23.4. The third-order valence-corrected chi connectivity index (χ3v) is 6.93. The zero-order chi connectivity index (χ0) is 18.7. The molecule has 2 heterocycles. The van der Waals surface area contributed by atoms with Gasteiger partial charge in [-0.15, -0.1) is 0 Å². The highest BCUT2D eigenvalue weighted by Gasteiger charge is 2.34. The van der Waals surface area contributed by atoms with E-state index in [4.69, 9.17) is 0 Å². The average molecular weight is 379 g/mol. The number of hydrogen-bond acceptors (Lipinski definition) is 5. The van der Waals surface area contributed by atoms with Crippen LogP contribution in [0.4, 0.5) is 0 Å². The zero-order valence-electron chi connectivity index (χ0n) is 15.0. The van der Waals surface area contributed by atoms with Crippen molar-refractivity contribution in [1.82, 2.24) is 15.2 Å². The van der Waals surface area contributed by atoms with E-state index in [2.05, 4.69) is 10.3 Å². The highest BCUT2D eigenvalue weighted by Crippen LogP contribution is 2.20. The minimum absolute atomic E-state index is 0.00552. The summed E-state index contributed by atoms with van der Waals surface area (Å²) in [5, 5.41) is 3.00. The monoisotopic (exact) mass is 379 g/mol. The zero-order valence-corrected chi connectivity index (χ0v) is 15.8. The molecule has 1 aromatic heterocycles. The summed E-state index contributed by atoms with van der Waals surface area (Å²) in [6, 6.07) is 2.97. The van der Waals surface area contributed by atoms with Crippen LogP contribution in [0.3, 0.4) is 0 Å². The number of carbonyl (C=O) groups is 2. The molecule has 1 unspecified atom stereocenters. The fourth-order valence-electron chi connectivity index (χ4n) is 3.76. The first-order valence-corrected chi connectivity index (χ1v) is 11.0. The van der Waals surface area contributed by atoms with Gasteiger partial charge >= 0.3 is 0 Å². The minimum Gasteiger partial charge on any atom is -0.349 e. The number of nitrogens with zero attached hydrogens (tertiary/aromatic N) is 2. The van der Waals surface area contributed by atoms with E-state index in [0.717, 1.165) is 25.7 Å². The van der Waals surface area contributed by atoms with Crippen LogP contribution >= 0.6 is 0 Å². The van der Waals surface area contributed by atoms with Crippen LogP contribution in [0.25, 0.3) is 0 Å². The molecule has 1 aliphatic carbocycles. The molecule has 1 aromatic rings. The normalized spacial score (nSPS) is 22.3. The van der Waals surface area contributed by atoms with Crippen LogP contribution in [0.2, 0.25) is 0 Å². The Balaban J connectivity index is 1.73. The lowest BCUT2D eigenvalue weighted by molar-refractivity contribution is 0.0702. The topological polar surface area (TPSA) is 96.4 Å². The summed E-state index contributed by atoms with van der Waals surface area (Å²) in [5.41, 5.74) is 0.584. The summed E-state index contributed by atoms with van der Waals surface area (Å²) in [7, 11) is -3.08. The lowest BCUT2D eigenvalue weighted by Crippen LogP contribution is -2.41. The fourth-order valence-corrected chi connectivity index (χ4v) is 5.49. The van der Waals surface area contributed by atoms with Crippen molar-refractivity contribution in [2.24, 2.45) is 0 Å². The molecule has 2 amide bonds. The minimum atomic E-state index is -3.08. The number of amides is 2. The van der Waals surface area contributed by atoms with E-state index < -0.39 is 9.84 Å². The number of aromatic nitrogens is 1. The van der Waals surface area contributed by atoms with Crippen molar-refractivity contribution >= 4 is 21.7 Å². The third kappa shape index (κ3) is 4.23. The maximum atomic E-state index is 12.8. The number of hydrogen-bond donors (Lipinski definition) is 1. The van der Waals surface area contributed by atoms with Gasteiger partial charge in [-0.3, -0.25) is 14.6 Å². The smallest absolute Gasteiger partial charge is 0.272 e. The average Bonchev–Trinajstić information content (AvgIpc) is 3.25. The Kier molecular flexibility index (Phi) is 5.60. The molecule has 3 rings (SSSR count). The van der Waals surface area contributed by atoms with Crippen LogP contribution in [0.5, 0.6) is 0 Å². The second-order valence-corrected chi connectivity index (χ2v) is 9.26. The van der Waals surface area contributed by atoms with Crippen molar-refractivity contribution in [3.8, 4) is 0 Å². The Hall–Kier alpha value is -1.96. The van der Waals surface area contributed by atoms with Gasteiger partial charge in [0.25, 0.3) is 11.8 Å². The number of carbonyl (C=O) groups excluding carboxylic acids is 2. The lowest BCUT2D eigenvalue weighted by atomic mass is 10.1. The SMILES string of the molecule is CCN(C(=O)c1cc(C(=O)NC2CCCC2)ccn1)C1CCS(=O)(=O)C1. The molecule has 1 saturated carbocycles. The predicted molar refractivity (Wildman–Crippen MR) is 97.7 cm³/mol. The number of sulfone groups is 1. The van der Waals surface area contributed by atoms with Crippen molar-refractivity contribution < 1.29 is 18.0 Å². The molecule has 1 aliphatic heterocycles. The Morgan fingerprint density at radius 2 is 2.00 bits per heavy atom. The standard InChI is InChI=1S/C18H25N3O4S/c1-2-21(15-8-10-26(24,25)12-15)18(23)16-11-13(7-9-19-16)17(22)20-14-5-3-4-6-14/h7,9,11,14-15H,2-6,8,10,12H2,1H3,(H,20,22). The van der Waals surface area contributed by atoms with E-state index in [1.165, 1.54) is 12.3 Å². The van der Waals surface area contributed by atoms with Gasteiger partial charge in [0.1, 0.15) is 5.69 Å². The van der Waals surface area contributed by atoms with Crippen molar-refractivity contribution in [2.75, 3.05) is 18.1 Å². The van der Waals surface area contributed by atoms with Gasteiger partial charge in [-0.2, -0.15) is 0 Å². The van der Waals surface area contributed by atoms with Gasteiger partial charge in [-0.1, -0.05) is 12.8 Å². The van der Waals surface area contributed by atoms with Gasteiger partial charge < -0.3 is 10.2 Å². The van der Waals surface area contributed by atoms with Crippen LogP contribution in [-0.4, -0.2) is 60.3 Å². The van der Waals surface area contributed by atoms with E-state index >= 15 is 0 Å². The fraction of sp³-hybridized carbons (Fsp3) is 0.611. The molecule has 2 aliphatic rings. The van der Waals surface area contributed by atoms with E-state index in [1.807, 2.05) is 6.92 Å². The molecule has 0 radical (unpaired) electrons. The summed E-state index contributed by atoms with van der Waals surface area (Å²) >= 11 is 0. The summed E-state index contributed by atoms with van der Waals surface area (Å²) in [6.07, 6.45) is 6.13. The second kappa shape index (κ2) is 7.73. The van der Waals surface area contributed by atoms with Crippen LogP contribution in [-0.2, 0) is 9.84 Å². The van der Waals surface area contributed by atoms with Crippen molar-refractivity contribution in [3.05, 3.63) is 29.6 Å². The number of rotatable bonds is 5. The molecule has 142 valence electrons. The molecular weight excluding hydrogens is 354 g/mol. The molecule has 0 bridgehead atoms. The molecule has 7 nitrogen and oxygen atoms in total. The Morgan fingerprint density at radius 3 is 2.62 bits per heavy atom. The highest BCUT2D eigenvalue weighted by molar-refractivity contribution is 7.91. The molecular formula is C18H25N3O4S. The van der Waals surface area contributed by atoms with Gasteiger partial charge in [0.05, 0.1) is 11.5 Å². The van der Waals surface area contributed by atoms with Crippen molar-refractivity contribution in [3.63, 3.8) is 0 Å². The predicted octanol–water partition coefficient (Wildman–Crippen LogP) is 1.40.